The summed E-state index contributed by atoms with van der Waals surface area (Å²) in [5.41, 5.74) is 3.78. The third-order valence-corrected chi connectivity index (χ3v) is 7.14. The summed E-state index contributed by atoms with van der Waals surface area (Å²) < 4.78 is 12.8. The maximum Gasteiger partial charge on any atom is 0.310 e. The highest BCUT2D eigenvalue weighted by atomic mass is 79.9. The van der Waals surface area contributed by atoms with Gasteiger partial charge in [-0.25, -0.2) is 0 Å². The van der Waals surface area contributed by atoms with Gasteiger partial charge in [0.15, 0.2) is 0 Å². The van der Waals surface area contributed by atoms with Crippen LogP contribution in [0.25, 0.3) is 0 Å². The highest BCUT2D eigenvalue weighted by molar-refractivity contribution is 9.10. The fourth-order valence-electron chi connectivity index (χ4n) is 5.02. The molecule has 1 spiro atoms. The third-order valence-electron chi connectivity index (χ3n) is 6.65. The average molecular weight is 472 g/mol. The second-order valence-electron chi connectivity index (χ2n) is 8.35. The molecule has 2 aromatic rings. The van der Waals surface area contributed by atoms with Gasteiger partial charge >= 0.3 is 5.97 Å². The van der Waals surface area contributed by atoms with Gasteiger partial charge < -0.3 is 14.4 Å². The first kappa shape index (κ1) is 21.4. The smallest absolute Gasteiger partial charge is 0.310 e. The number of para-hydroxylation sites is 1. The van der Waals surface area contributed by atoms with E-state index < -0.39 is 0 Å². The van der Waals surface area contributed by atoms with Crippen molar-refractivity contribution in [2.45, 2.75) is 51.0 Å². The second kappa shape index (κ2) is 9.11. The first-order valence-corrected chi connectivity index (χ1v) is 11.8. The fraction of sp³-hybridized carbons (Fsp3) is 0.480. The van der Waals surface area contributed by atoms with Crippen molar-refractivity contribution in [2.24, 2.45) is 0 Å². The lowest BCUT2D eigenvalue weighted by atomic mass is 9.74. The van der Waals surface area contributed by atoms with Gasteiger partial charge in [0.1, 0.15) is 11.9 Å². The van der Waals surface area contributed by atoms with Gasteiger partial charge in [0, 0.05) is 15.5 Å². The van der Waals surface area contributed by atoms with E-state index in [0.717, 1.165) is 41.8 Å². The molecule has 1 saturated heterocycles. The van der Waals surface area contributed by atoms with Crippen LogP contribution in [0.2, 0.25) is 0 Å². The Morgan fingerprint density at radius 2 is 1.93 bits per heavy atom. The van der Waals surface area contributed by atoms with Crippen LogP contribution in [-0.2, 0) is 21.4 Å². The van der Waals surface area contributed by atoms with Crippen LogP contribution in [0.3, 0.4) is 0 Å². The molecule has 0 radical (unpaired) electrons. The summed E-state index contributed by atoms with van der Waals surface area (Å²) in [5, 5.41) is 0. The zero-order valence-corrected chi connectivity index (χ0v) is 19.4. The molecule has 2 aliphatic rings. The van der Waals surface area contributed by atoms with Crippen molar-refractivity contribution in [3.63, 3.8) is 0 Å². The average Bonchev–Trinajstić information content (AvgIpc) is 3.02. The SMILES string of the molecule is CCOC(=O)Cc1ccccc1O[C@@H]1CC2(CCN(CC)CC2)c2ccc(Br)cc21. The molecule has 0 unspecified atom stereocenters. The van der Waals surface area contributed by atoms with Crippen LogP contribution >= 0.6 is 15.9 Å². The number of halogens is 1. The minimum atomic E-state index is -0.216. The van der Waals surface area contributed by atoms with E-state index in [1.807, 2.05) is 31.2 Å². The molecular formula is C25H30BrNO3. The number of hydrogen-bond acceptors (Lipinski definition) is 4. The van der Waals surface area contributed by atoms with Gasteiger partial charge in [-0.15, -0.1) is 0 Å². The predicted octanol–water partition coefficient (Wildman–Crippen LogP) is 5.43. The molecule has 1 atom stereocenters. The molecule has 4 nitrogen and oxygen atoms in total. The molecule has 1 aliphatic heterocycles. The maximum absolute atomic E-state index is 12.1. The summed E-state index contributed by atoms with van der Waals surface area (Å²) in [6, 6.07) is 14.5. The Bertz CT molecular complexity index is 905. The Morgan fingerprint density at radius 3 is 2.67 bits per heavy atom. The Kier molecular flexibility index (Phi) is 6.49. The molecule has 4 rings (SSSR count). The zero-order chi connectivity index (χ0) is 21.1. The van der Waals surface area contributed by atoms with Crippen LogP contribution in [0.4, 0.5) is 0 Å². The normalized spacial score (nSPS) is 20.2. The van der Waals surface area contributed by atoms with Gasteiger partial charge in [0.2, 0.25) is 0 Å². The fourth-order valence-corrected chi connectivity index (χ4v) is 5.40. The first-order valence-electron chi connectivity index (χ1n) is 11.0. The van der Waals surface area contributed by atoms with Crippen molar-refractivity contribution < 1.29 is 14.3 Å². The van der Waals surface area contributed by atoms with Gasteiger partial charge in [0.05, 0.1) is 13.0 Å². The topological polar surface area (TPSA) is 38.8 Å². The molecule has 1 aliphatic carbocycles. The van der Waals surface area contributed by atoms with Crippen molar-refractivity contribution in [1.82, 2.24) is 4.90 Å². The number of rotatable bonds is 6. The van der Waals surface area contributed by atoms with Gasteiger partial charge in [-0.2, -0.15) is 0 Å². The molecule has 0 saturated carbocycles. The maximum atomic E-state index is 12.1. The van der Waals surface area contributed by atoms with E-state index in [1.165, 1.54) is 24.0 Å². The summed E-state index contributed by atoms with van der Waals surface area (Å²) in [5.74, 6) is 0.566. The molecule has 160 valence electrons. The summed E-state index contributed by atoms with van der Waals surface area (Å²) in [6.07, 6.45) is 3.55. The molecular weight excluding hydrogens is 442 g/mol. The molecule has 0 aromatic heterocycles. The molecule has 0 N–H and O–H groups in total. The van der Waals surface area contributed by atoms with Crippen LogP contribution < -0.4 is 4.74 Å². The number of likely N-dealkylation sites (tertiary alicyclic amines) is 1. The minimum Gasteiger partial charge on any atom is -0.485 e. The number of carbonyl (C=O) groups is 1. The van der Waals surface area contributed by atoms with Crippen LogP contribution in [0.15, 0.2) is 46.9 Å². The van der Waals surface area contributed by atoms with E-state index in [1.54, 1.807) is 0 Å². The number of hydrogen-bond donors (Lipinski definition) is 0. The summed E-state index contributed by atoms with van der Waals surface area (Å²) >= 11 is 3.65. The molecule has 0 bridgehead atoms. The van der Waals surface area contributed by atoms with E-state index >= 15 is 0 Å². The Hall–Kier alpha value is -1.85. The Balaban J connectivity index is 1.61. The van der Waals surface area contributed by atoms with Crippen molar-refractivity contribution >= 4 is 21.9 Å². The van der Waals surface area contributed by atoms with Gasteiger partial charge in [-0.1, -0.05) is 47.1 Å². The standard InChI is InChI=1S/C25H30BrNO3/c1-3-27-13-11-25(12-14-27)17-23(20-16-19(26)9-10-21(20)25)30-22-8-6-5-7-18(22)15-24(28)29-4-2/h5-10,16,23H,3-4,11-15,17H2,1-2H3/t23-/m1/s1. The number of benzene rings is 2. The monoisotopic (exact) mass is 471 g/mol. The van der Waals surface area contributed by atoms with Crippen LogP contribution in [0.5, 0.6) is 5.75 Å². The first-order chi connectivity index (χ1) is 14.5. The largest absolute Gasteiger partial charge is 0.485 e. The van der Waals surface area contributed by atoms with Crippen molar-refractivity contribution in [1.29, 1.82) is 0 Å². The van der Waals surface area contributed by atoms with E-state index in [2.05, 4.69) is 46.0 Å². The number of fused-ring (bicyclic) bond motifs is 2. The quantitative estimate of drug-likeness (QED) is 0.526. The number of carbonyl (C=O) groups excluding carboxylic acids is 1. The van der Waals surface area contributed by atoms with E-state index in [4.69, 9.17) is 9.47 Å². The number of nitrogens with zero attached hydrogens (tertiary/aromatic N) is 1. The summed E-state index contributed by atoms with van der Waals surface area (Å²) in [6.45, 7) is 7.85. The van der Waals surface area contributed by atoms with E-state index in [-0.39, 0.29) is 23.9 Å². The van der Waals surface area contributed by atoms with Crippen molar-refractivity contribution in [3.05, 3.63) is 63.6 Å². The molecule has 0 amide bonds. The zero-order valence-electron chi connectivity index (χ0n) is 17.8. The molecule has 1 heterocycles. The second-order valence-corrected chi connectivity index (χ2v) is 9.26. The van der Waals surface area contributed by atoms with Gasteiger partial charge in [0.25, 0.3) is 0 Å². The van der Waals surface area contributed by atoms with Crippen LogP contribution in [-0.4, -0.2) is 37.1 Å². The van der Waals surface area contributed by atoms with Crippen molar-refractivity contribution in [3.8, 4) is 5.75 Å². The van der Waals surface area contributed by atoms with E-state index in [9.17, 15) is 4.79 Å². The predicted molar refractivity (Wildman–Crippen MR) is 122 cm³/mol. The van der Waals surface area contributed by atoms with Crippen LogP contribution in [0.1, 0.15) is 55.9 Å². The lowest BCUT2D eigenvalue weighted by Gasteiger charge is -2.40. The number of ether oxygens (including phenoxy) is 2. The summed E-state index contributed by atoms with van der Waals surface area (Å²) in [7, 11) is 0. The lowest BCUT2D eigenvalue weighted by molar-refractivity contribution is -0.142. The molecule has 2 aromatic carbocycles. The molecule has 30 heavy (non-hydrogen) atoms. The Labute approximate surface area is 187 Å². The minimum absolute atomic E-state index is 0.00554. The third kappa shape index (κ3) is 4.28. The van der Waals surface area contributed by atoms with Crippen molar-refractivity contribution in [2.75, 3.05) is 26.2 Å². The number of piperidine rings is 1. The van der Waals surface area contributed by atoms with Crippen LogP contribution in [0, 0.1) is 0 Å². The van der Waals surface area contributed by atoms with Gasteiger partial charge in [-0.3, -0.25) is 4.79 Å². The number of esters is 1. The van der Waals surface area contributed by atoms with Gasteiger partial charge in [-0.05, 0) is 75.1 Å². The highest BCUT2D eigenvalue weighted by Gasteiger charge is 2.46. The Morgan fingerprint density at radius 1 is 1.17 bits per heavy atom. The summed E-state index contributed by atoms with van der Waals surface area (Å²) in [4.78, 5) is 14.6. The molecule has 1 fully saturated rings. The molecule has 5 heteroatoms. The lowest BCUT2D eigenvalue weighted by Crippen LogP contribution is -2.41. The highest BCUT2D eigenvalue weighted by Crippen LogP contribution is 2.52. The van der Waals surface area contributed by atoms with E-state index in [0.29, 0.717) is 6.61 Å².